The van der Waals surface area contributed by atoms with E-state index in [2.05, 4.69) is 13.8 Å². The fourth-order valence-electron chi connectivity index (χ4n) is 1.82. The monoisotopic (exact) mass is 244 g/mol. The van der Waals surface area contributed by atoms with Crippen molar-refractivity contribution in [2.24, 2.45) is 0 Å². The van der Waals surface area contributed by atoms with Gasteiger partial charge in [-0.1, -0.05) is 26.3 Å². The van der Waals surface area contributed by atoms with Crippen LogP contribution in [0.15, 0.2) is 11.6 Å². The third kappa shape index (κ3) is 4.94. The zero-order valence-electron chi connectivity index (χ0n) is 10.9. The highest BCUT2D eigenvalue weighted by Gasteiger charge is 2.28. The fourth-order valence-corrected chi connectivity index (χ4v) is 4.66. The average molecular weight is 244 g/mol. The Balaban J connectivity index is 4.06. The van der Waals surface area contributed by atoms with Crippen LogP contribution in [0.3, 0.4) is 0 Å². The molecule has 0 aromatic heterocycles. The summed E-state index contributed by atoms with van der Waals surface area (Å²) in [5.41, 5.74) is 0.442. The Bertz CT molecular complexity index is 236. The summed E-state index contributed by atoms with van der Waals surface area (Å²) in [6, 6.07) is 3.41. The molecule has 3 nitrogen and oxygen atoms in total. The van der Waals surface area contributed by atoms with Gasteiger partial charge in [0.1, 0.15) is 0 Å². The molecule has 0 aliphatic heterocycles. The molecule has 0 fully saturated rings. The Labute approximate surface area is 99.6 Å². The van der Waals surface area contributed by atoms with Gasteiger partial charge < -0.3 is 9.53 Å². The molecule has 0 radical (unpaired) electrons. The van der Waals surface area contributed by atoms with Crippen LogP contribution in [-0.4, -0.2) is 26.5 Å². The van der Waals surface area contributed by atoms with Crippen molar-refractivity contribution in [3.63, 3.8) is 0 Å². The Morgan fingerprint density at radius 1 is 1.38 bits per heavy atom. The molecular formula is C12H24O3Si. The van der Waals surface area contributed by atoms with Gasteiger partial charge in [-0.2, -0.15) is 0 Å². The molecule has 0 saturated carbocycles. The number of carboxylic acids is 1. The molecule has 0 saturated heterocycles. The Kier molecular flexibility index (Phi) is 7.33. The number of rotatable bonds is 8. The second-order valence-corrected chi connectivity index (χ2v) is 8.87. The van der Waals surface area contributed by atoms with Crippen molar-refractivity contribution in [3.05, 3.63) is 11.6 Å². The number of hydrogen-bond acceptors (Lipinski definition) is 2. The van der Waals surface area contributed by atoms with Crippen LogP contribution >= 0.6 is 0 Å². The van der Waals surface area contributed by atoms with Gasteiger partial charge in [-0.15, -0.1) is 0 Å². The molecule has 0 spiro atoms. The van der Waals surface area contributed by atoms with Gasteiger partial charge >= 0.3 is 5.97 Å². The van der Waals surface area contributed by atoms with Gasteiger partial charge in [0.15, 0.2) is 8.32 Å². The van der Waals surface area contributed by atoms with Crippen LogP contribution in [0.1, 0.15) is 33.6 Å². The second-order valence-electron chi connectivity index (χ2n) is 4.18. The Hall–Kier alpha value is -0.613. The topological polar surface area (TPSA) is 46.5 Å². The molecule has 0 aromatic carbocycles. The number of carbonyl (C=O) groups is 1. The van der Waals surface area contributed by atoms with Gasteiger partial charge in [0, 0.05) is 12.7 Å². The molecule has 0 bridgehead atoms. The van der Waals surface area contributed by atoms with Gasteiger partial charge in [0.05, 0.1) is 0 Å². The quantitative estimate of drug-likeness (QED) is 0.404. The van der Waals surface area contributed by atoms with Crippen LogP contribution in [0, 0.1) is 0 Å². The van der Waals surface area contributed by atoms with Gasteiger partial charge in [-0.25, -0.2) is 4.79 Å². The van der Waals surface area contributed by atoms with Crippen molar-refractivity contribution in [2.45, 2.75) is 51.7 Å². The van der Waals surface area contributed by atoms with E-state index in [1.807, 2.05) is 13.2 Å². The van der Waals surface area contributed by atoms with Crippen LogP contribution in [0.5, 0.6) is 0 Å². The summed E-state index contributed by atoms with van der Waals surface area (Å²) in [7, 11) is 0.324. The molecule has 0 atom stereocenters. The van der Waals surface area contributed by atoms with Crippen molar-refractivity contribution in [1.82, 2.24) is 0 Å². The lowest BCUT2D eigenvalue weighted by Gasteiger charge is -2.26. The molecule has 0 aliphatic carbocycles. The van der Waals surface area contributed by atoms with Crippen molar-refractivity contribution >= 4 is 14.3 Å². The van der Waals surface area contributed by atoms with E-state index in [9.17, 15) is 4.79 Å². The first-order valence-corrected chi connectivity index (χ1v) is 8.49. The average Bonchev–Trinajstić information content (AvgIpc) is 2.30. The largest absolute Gasteiger partial charge is 0.478 e. The van der Waals surface area contributed by atoms with E-state index < -0.39 is 14.3 Å². The maximum Gasteiger partial charge on any atom is 0.330 e. The van der Waals surface area contributed by atoms with Crippen molar-refractivity contribution < 1.29 is 14.3 Å². The highest BCUT2D eigenvalue weighted by molar-refractivity contribution is 6.73. The molecule has 16 heavy (non-hydrogen) atoms. The van der Waals surface area contributed by atoms with E-state index in [0.717, 1.165) is 31.0 Å². The van der Waals surface area contributed by atoms with Crippen LogP contribution in [0.25, 0.3) is 0 Å². The van der Waals surface area contributed by atoms with Crippen LogP contribution in [0.2, 0.25) is 18.1 Å². The number of carboxylic acid groups (broad SMARTS) is 1. The molecule has 94 valence electrons. The van der Waals surface area contributed by atoms with E-state index in [1.54, 1.807) is 6.92 Å². The second kappa shape index (κ2) is 7.63. The lowest BCUT2D eigenvalue weighted by molar-refractivity contribution is -0.132. The number of aliphatic carboxylic acids is 1. The molecule has 0 heterocycles. The van der Waals surface area contributed by atoms with Crippen LogP contribution in [0.4, 0.5) is 0 Å². The highest BCUT2D eigenvalue weighted by Crippen LogP contribution is 2.23. The van der Waals surface area contributed by atoms with E-state index in [1.165, 1.54) is 0 Å². The minimum absolute atomic E-state index is 0.442. The zero-order valence-corrected chi connectivity index (χ0v) is 11.9. The summed E-state index contributed by atoms with van der Waals surface area (Å²) in [4.78, 5) is 10.6. The SMILES string of the molecule is CC[Si](CC)(CCCC=C(C)C(=O)O)OC. The summed E-state index contributed by atoms with van der Waals surface area (Å²) in [5, 5.41) is 8.70. The molecule has 0 aromatic rings. The fraction of sp³-hybridized carbons (Fsp3) is 0.750. The van der Waals surface area contributed by atoms with Crippen molar-refractivity contribution in [3.8, 4) is 0 Å². The third-order valence-corrected chi connectivity index (χ3v) is 8.05. The minimum Gasteiger partial charge on any atom is -0.478 e. The van der Waals surface area contributed by atoms with Crippen molar-refractivity contribution in [2.75, 3.05) is 7.11 Å². The molecule has 0 rings (SSSR count). The number of unbranched alkanes of at least 4 members (excludes halogenated alkanes) is 1. The van der Waals surface area contributed by atoms with Gasteiger partial charge in [-0.3, -0.25) is 0 Å². The van der Waals surface area contributed by atoms with E-state index in [-0.39, 0.29) is 0 Å². The van der Waals surface area contributed by atoms with Crippen LogP contribution in [-0.2, 0) is 9.22 Å². The molecule has 0 unspecified atom stereocenters. The van der Waals surface area contributed by atoms with Gasteiger partial charge in [0.2, 0.25) is 0 Å². The van der Waals surface area contributed by atoms with Crippen LogP contribution < -0.4 is 0 Å². The number of hydrogen-bond donors (Lipinski definition) is 1. The van der Waals surface area contributed by atoms with Gasteiger partial charge in [0.25, 0.3) is 0 Å². The standard InChI is InChI=1S/C12H24O3Si/c1-5-16(6-2,15-4)10-8-7-9-11(3)12(13)14/h9H,5-8,10H2,1-4H3,(H,13,14). The third-order valence-electron chi connectivity index (χ3n) is 3.35. The summed E-state index contributed by atoms with van der Waals surface area (Å²) in [6.07, 6.45) is 3.69. The van der Waals surface area contributed by atoms with E-state index in [4.69, 9.17) is 9.53 Å². The van der Waals surface area contributed by atoms with E-state index >= 15 is 0 Å². The smallest absolute Gasteiger partial charge is 0.330 e. The molecule has 4 heteroatoms. The summed E-state index contributed by atoms with van der Waals surface area (Å²) in [5.74, 6) is -0.818. The molecule has 0 amide bonds. The molecule has 0 aliphatic rings. The maximum absolute atomic E-state index is 10.6. The number of allylic oxidation sites excluding steroid dienone is 1. The maximum atomic E-state index is 10.6. The first-order valence-electron chi connectivity index (χ1n) is 5.96. The highest BCUT2D eigenvalue weighted by atomic mass is 28.4. The predicted octanol–water partition coefficient (Wildman–Crippen LogP) is 3.43. The minimum atomic E-state index is -1.49. The molecular weight excluding hydrogens is 220 g/mol. The van der Waals surface area contributed by atoms with Gasteiger partial charge in [-0.05, 0) is 31.5 Å². The summed E-state index contributed by atoms with van der Waals surface area (Å²) >= 11 is 0. The normalized spacial score (nSPS) is 12.9. The Morgan fingerprint density at radius 2 is 1.94 bits per heavy atom. The predicted molar refractivity (Wildman–Crippen MR) is 69.2 cm³/mol. The summed E-state index contributed by atoms with van der Waals surface area (Å²) in [6.45, 7) is 6.03. The van der Waals surface area contributed by atoms with E-state index in [0.29, 0.717) is 5.57 Å². The first-order chi connectivity index (χ1) is 7.51. The Morgan fingerprint density at radius 3 is 2.31 bits per heavy atom. The summed E-state index contributed by atoms with van der Waals surface area (Å²) < 4.78 is 5.69. The lowest BCUT2D eigenvalue weighted by atomic mass is 10.2. The first kappa shape index (κ1) is 15.4. The molecule has 1 N–H and O–H groups in total. The van der Waals surface area contributed by atoms with Crippen molar-refractivity contribution in [1.29, 1.82) is 0 Å². The lowest BCUT2D eigenvalue weighted by Crippen LogP contribution is -2.34. The zero-order chi connectivity index (χ0) is 12.6.